The Kier molecular flexibility index (Phi) is 6.32. The fourth-order valence-corrected chi connectivity index (χ4v) is 3.72. The minimum absolute atomic E-state index is 0.0790. The number of aliphatic hydroxyl groups is 1. The van der Waals surface area contributed by atoms with E-state index in [1.165, 1.54) is 10.6 Å². The maximum atomic E-state index is 14.1. The molecule has 0 saturated heterocycles. The molecule has 32 heavy (non-hydrogen) atoms. The lowest BCUT2D eigenvalue weighted by molar-refractivity contribution is -0.347. The number of aryl methyl sites for hydroxylation is 1. The molecule has 3 aromatic rings. The smallest absolute Gasteiger partial charge is 0.370 e. The van der Waals surface area contributed by atoms with Gasteiger partial charge in [0.1, 0.15) is 5.82 Å². The number of benzene rings is 2. The fraction of sp³-hybridized carbons (Fsp3) is 0.238. The maximum absolute atomic E-state index is 14.1. The molecule has 0 bridgehead atoms. The van der Waals surface area contributed by atoms with Crippen molar-refractivity contribution in [2.45, 2.75) is 31.4 Å². The third kappa shape index (κ3) is 4.46. The number of halogens is 9. The van der Waals surface area contributed by atoms with Gasteiger partial charge in [0, 0.05) is 33.7 Å². The molecular formula is C21H14Cl2F7NO. The van der Waals surface area contributed by atoms with Gasteiger partial charge >= 0.3 is 12.4 Å². The molecule has 11 heteroatoms. The Hall–Kier alpha value is -2.23. The predicted octanol–water partition coefficient (Wildman–Crippen LogP) is 7.31. The summed E-state index contributed by atoms with van der Waals surface area (Å²) in [5.74, 6) is -0.870. The number of nitrogens with zero attached hydrogens (tertiary/aromatic N) is 1. The van der Waals surface area contributed by atoms with Gasteiger partial charge < -0.3 is 9.67 Å². The first-order valence-electron chi connectivity index (χ1n) is 8.92. The number of rotatable bonds is 4. The molecule has 0 aliphatic rings. The summed E-state index contributed by atoms with van der Waals surface area (Å²) in [5, 5.41) is 10.3. The summed E-state index contributed by atoms with van der Waals surface area (Å²) < 4.78 is 93.7. The van der Waals surface area contributed by atoms with Gasteiger partial charge in [-0.3, -0.25) is 0 Å². The summed E-state index contributed by atoms with van der Waals surface area (Å²) in [6.07, 6.45) is -10.5. The Morgan fingerprint density at radius 3 is 2.19 bits per heavy atom. The predicted molar refractivity (Wildman–Crippen MR) is 108 cm³/mol. The number of fused-ring (bicyclic) bond motifs is 1. The fourth-order valence-electron chi connectivity index (χ4n) is 3.25. The summed E-state index contributed by atoms with van der Waals surface area (Å²) in [7, 11) is 0. The van der Waals surface area contributed by atoms with Crippen LogP contribution in [0.1, 0.15) is 16.7 Å². The number of hydrogen-bond acceptors (Lipinski definition) is 1. The molecule has 0 saturated carbocycles. The molecule has 0 spiro atoms. The highest BCUT2D eigenvalue weighted by atomic mass is 35.5. The average molecular weight is 500 g/mol. The van der Waals surface area contributed by atoms with Gasteiger partial charge in [-0.25, -0.2) is 4.39 Å². The van der Waals surface area contributed by atoms with Crippen LogP contribution in [0, 0.1) is 12.7 Å². The van der Waals surface area contributed by atoms with Crippen LogP contribution >= 0.6 is 23.2 Å². The highest BCUT2D eigenvalue weighted by Crippen LogP contribution is 2.44. The van der Waals surface area contributed by atoms with Crippen molar-refractivity contribution < 1.29 is 35.8 Å². The second kappa shape index (κ2) is 8.28. The SMILES string of the molecule is Cc1cn(Cc2ccc(Cl)cc2Cl)c2c(/C=C/C(O)(C(F)(F)F)C(F)(F)F)cc(F)cc12. The lowest BCUT2D eigenvalue weighted by Crippen LogP contribution is -2.55. The van der Waals surface area contributed by atoms with Gasteiger partial charge in [0.15, 0.2) is 0 Å². The highest BCUT2D eigenvalue weighted by molar-refractivity contribution is 6.35. The summed E-state index contributed by atoms with van der Waals surface area (Å²) in [6.45, 7) is 1.69. The van der Waals surface area contributed by atoms with Crippen molar-refractivity contribution in [3.8, 4) is 0 Å². The van der Waals surface area contributed by atoms with E-state index in [-0.39, 0.29) is 23.0 Å². The lowest BCUT2D eigenvalue weighted by Gasteiger charge is -2.29. The van der Waals surface area contributed by atoms with E-state index in [9.17, 15) is 35.8 Å². The van der Waals surface area contributed by atoms with Gasteiger partial charge in [-0.05, 0) is 48.4 Å². The lowest BCUT2D eigenvalue weighted by atomic mass is 9.99. The van der Waals surface area contributed by atoms with Crippen LogP contribution < -0.4 is 0 Å². The van der Waals surface area contributed by atoms with Crippen molar-refractivity contribution in [2.75, 3.05) is 0 Å². The molecule has 0 atom stereocenters. The van der Waals surface area contributed by atoms with Crippen LogP contribution in [0.25, 0.3) is 17.0 Å². The molecular weight excluding hydrogens is 486 g/mol. The Labute approximate surface area is 187 Å². The molecule has 2 nitrogen and oxygen atoms in total. The monoisotopic (exact) mass is 499 g/mol. The van der Waals surface area contributed by atoms with E-state index >= 15 is 0 Å². The molecule has 0 aliphatic heterocycles. The molecule has 0 amide bonds. The molecule has 172 valence electrons. The molecule has 3 rings (SSSR count). The van der Waals surface area contributed by atoms with Crippen LogP contribution in [0.5, 0.6) is 0 Å². The van der Waals surface area contributed by atoms with Crippen LogP contribution in [-0.4, -0.2) is 27.6 Å². The molecule has 0 fully saturated rings. The maximum Gasteiger partial charge on any atom is 0.430 e. The van der Waals surface area contributed by atoms with E-state index in [2.05, 4.69) is 0 Å². The molecule has 0 radical (unpaired) electrons. The van der Waals surface area contributed by atoms with Gasteiger partial charge in [0.05, 0.1) is 5.52 Å². The molecule has 0 aliphatic carbocycles. The summed E-state index contributed by atoms with van der Waals surface area (Å²) in [4.78, 5) is 0. The summed E-state index contributed by atoms with van der Waals surface area (Å²) >= 11 is 12.0. The second-order valence-corrected chi connectivity index (χ2v) is 8.01. The van der Waals surface area contributed by atoms with Crippen molar-refractivity contribution in [3.05, 3.63) is 75.2 Å². The molecule has 1 aromatic heterocycles. The van der Waals surface area contributed by atoms with Crippen molar-refractivity contribution in [1.82, 2.24) is 4.57 Å². The van der Waals surface area contributed by atoms with Gasteiger partial charge in [0.2, 0.25) is 0 Å². The van der Waals surface area contributed by atoms with Crippen molar-refractivity contribution >= 4 is 40.2 Å². The van der Waals surface area contributed by atoms with Gasteiger partial charge in [-0.2, -0.15) is 26.3 Å². The van der Waals surface area contributed by atoms with Gasteiger partial charge in [0.25, 0.3) is 5.60 Å². The Morgan fingerprint density at radius 1 is 1.00 bits per heavy atom. The van der Waals surface area contributed by atoms with Crippen molar-refractivity contribution in [1.29, 1.82) is 0 Å². The Balaban J connectivity index is 2.18. The minimum atomic E-state index is -6.04. The van der Waals surface area contributed by atoms with Gasteiger partial charge in [-0.1, -0.05) is 35.3 Å². The Morgan fingerprint density at radius 2 is 1.62 bits per heavy atom. The molecule has 2 aromatic carbocycles. The summed E-state index contributed by atoms with van der Waals surface area (Å²) in [6, 6.07) is 6.54. The van der Waals surface area contributed by atoms with E-state index in [1.807, 2.05) is 0 Å². The molecule has 0 unspecified atom stereocenters. The van der Waals surface area contributed by atoms with E-state index < -0.39 is 29.8 Å². The highest BCUT2D eigenvalue weighted by Gasteiger charge is 2.68. The first-order chi connectivity index (χ1) is 14.6. The van der Waals surface area contributed by atoms with Gasteiger partial charge in [-0.15, -0.1) is 0 Å². The number of alkyl halides is 6. The van der Waals surface area contributed by atoms with E-state index in [1.54, 1.807) is 25.3 Å². The largest absolute Gasteiger partial charge is 0.430 e. The first-order valence-corrected chi connectivity index (χ1v) is 9.67. The topological polar surface area (TPSA) is 25.2 Å². The van der Waals surface area contributed by atoms with Crippen LogP contribution in [0.15, 0.2) is 42.6 Å². The zero-order valence-electron chi connectivity index (χ0n) is 16.1. The van der Waals surface area contributed by atoms with Crippen LogP contribution in [-0.2, 0) is 6.54 Å². The number of aromatic nitrogens is 1. The van der Waals surface area contributed by atoms with Crippen LogP contribution in [0.2, 0.25) is 10.0 Å². The summed E-state index contributed by atoms with van der Waals surface area (Å²) in [5.41, 5.74) is -4.14. The van der Waals surface area contributed by atoms with E-state index in [0.29, 0.717) is 27.2 Å². The standard InChI is InChI=1S/C21H14Cl2F7NO/c1-11-9-31(10-13-2-3-14(22)7-17(13)23)18-12(6-15(24)8-16(11)18)4-5-19(32,20(25,26)27)21(28,29)30/h2-9,32H,10H2,1H3/b5-4+. The second-order valence-electron chi connectivity index (χ2n) is 7.16. The first kappa shape index (κ1) is 24.4. The van der Waals surface area contributed by atoms with Crippen molar-refractivity contribution in [3.63, 3.8) is 0 Å². The van der Waals surface area contributed by atoms with Crippen LogP contribution in [0.3, 0.4) is 0 Å². The van der Waals surface area contributed by atoms with Crippen LogP contribution in [0.4, 0.5) is 30.7 Å². The quantitative estimate of drug-likeness (QED) is 0.374. The normalized spacial score (nSPS) is 13.5. The van der Waals surface area contributed by atoms with Crippen molar-refractivity contribution in [2.24, 2.45) is 0 Å². The average Bonchev–Trinajstić information content (AvgIpc) is 2.95. The zero-order valence-corrected chi connectivity index (χ0v) is 17.6. The zero-order chi connectivity index (χ0) is 24.1. The Bertz CT molecular complexity index is 1180. The minimum Gasteiger partial charge on any atom is -0.370 e. The number of hydrogen-bond donors (Lipinski definition) is 1. The third-order valence-electron chi connectivity index (χ3n) is 4.89. The molecule has 1 heterocycles. The molecule has 1 N–H and O–H groups in total. The van der Waals surface area contributed by atoms with E-state index in [0.717, 1.165) is 12.1 Å². The third-order valence-corrected chi connectivity index (χ3v) is 5.48. The van der Waals surface area contributed by atoms with E-state index in [4.69, 9.17) is 23.2 Å².